The van der Waals surface area contributed by atoms with E-state index in [1.807, 2.05) is 6.07 Å². The van der Waals surface area contributed by atoms with E-state index in [2.05, 4.69) is 23.1 Å². The lowest BCUT2D eigenvalue weighted by molar-refractivity contribution is -0.137. The molecule has 1 aliphatic carbocycles. The summed E-state index contributed by atoms with van der Waals surface area (Å²) in [5, 5.41) is 9.05. The van der Waals surface area contributed by atoms with Crippen LogP contribution in [-0.4, -0.2) is 24.2 Å². The molecule has 1 unspecified atom stereocenters. The lowest BCUT2D eigenvalue weighted by atomic mass is 9.98. The largest absolute Gasteiger partial charge is 0.481 e. The zero-order valence-electron chi connectivity index (χ0n) is 11.2. The fraction of sp³-hybridized carbons (Fsp3) is 0.562. The van der Waals surface area contributed by atoms with E-state index in [0.29, 0.717) is 0 Å². The van der Waals surface area contributed by atoms with Gasteiger partial charge in [0.1, 0.15) is 0 Å². The number of aliphatic carboxylic acids is 1. The molecule has 19 heavy (non-hydrogen) atoms. The molecule has 3 rings (SSSR count). The van der Waals surface area contributed by atoms with Crippen LogP contribution in [0.15, 0.2) is 24.3 Å². The maximum Gasteiger partial charge on any atom is 0.304 e. The van der Waals surface area contributed by atoms with Gasteiger partial charge in [0.2, 0.25) is 0 Å². The summed E-state index contributed by atoms with van der Waals surface area (Å²) in [7, 11) is 0. The first kappa shape index (κ1) is 12.5. The number of rotatable bonds is 4. The van der Waals surface area contributed by atoms with Crippen molar-refractivity contribution in [2.45, 2.75) is 38.0 Å². The summed E-state index contributed by atoms with van der Waals surface area (Å²) in [6.45, 7) is 1.98. The Morgan fingerprint density at radius 2 is 2.00 bits per heavy atom. The number of hydrogen-bond donors (Lipinski definition) is 1. The van der Waals surface area contributed by atoms with Gasteiger partial charge in [-0.2, -0.15) is 0 Å². The third-order valence-corrected chi connectivity index (χ3v) is 4.53. The monoisotopic (exact) mass is 259 g/mol. The zero-order chi connectivity index (χ0) is 13.2. The Labute approximate surface area is 114 Å². The maximum atomic E-state index is 11.0. The summed E-state index contributed by atoms with van der Waals surface area (Å²) in [5.74, 6) is 0.272. The minimum absolute atomic E-state index is 0.162. The molecule has 0 amide bonds. The van der Waals surface area contributed by atoms with Crippen molar-refractivity contribution >= 4 is 11.7 Å². The Hall–Kier alpha value is -1.51. The molecule has 1 fully saturated rings. The molecule has 3 nitrogen and oxygen atoms in total. The van der Waals surface area contributed by atoms with Crippen LogP contribution in [0.4, 0.5) is 5.69 Å². The average molecular weight is 259 g/mol. The lowest BCUT2D eigenvalue weighted by Gasteiger charge is -2.23. The first-order valence-electron chi connectivity index (χ1n) is 7.29. The van der Waals surface area contributed by atoms with Crippen molar-refractivity contribution in [3.8, 4) is 0 Å². The fourth-order valence-electron chi connectivity index (χ4n) is 3.65. The van der Waals surface area contributed by atoms with Gasteiger partial charge in [0.25, 0.3) is 0 Å². The van der Waals surface area contributed by atoms with E-state index in [1.54, 1.807) is 0 Å². The first-order chi connectivity index (χ1) is 9.24. The Bertz CT molecular complexity index is 466. The Morgan fingerprint density at radius 3 is 2.74 bits per heavy atom. The van der Waals surface area contributed by atoms with Crippen molar-refractivity contribution in [3.05, 3.63) is 29.8 Å². The van der Waals surface area contributed by atoms with Crippen molar-refractivity contribution < 1.29 is 9.90 Å². The second kappa shape index (κ2) is 5.24. The summed E-state index contributed by atoms with van der Waals surface area (Å²) in [4.78, 5) is 13.4. The molecule has 102 valence electrons. The van der Waals surface area contributed by atoms with Crippen molar-refractivity contribution in [1.29, 1.82) is 0 Å². The third-order valence-electron chi connectivity index (χ3n) is 4.53. The van der Waals surface area contributed by atoms with Gasteiger partial charge in [0.15, 0.2) is 0 Å². The van der Waals surface area contributed by atoms with E-state index < -0.39 is 5.97 Å². The lowest BCUT2D eigenvalue weighted by Crippen LogP contribution is -2.27. The molecule has 1 aromatic carbocycles. The van der Waals surface area contributed by atoms with E-state index in [9.17, 15) is 4.79 Å². The number of carbonyl (C=O) groups is 1. The second-order valence-corrected chi connectivity index (χ2v) is 5.91. The molecule has 0 spiro atoms. The highest BCUT2D eigenvalue weighted by molar-refractivity contribution is 5.71. The van der Waals surface area contributed by atoms with Gasteiger partial charge < -0.3 is 10.0 Å². The Kier molecular flexibility index (Phi) is 3.45. The smallest absolute Gasteiger partial charge is 0.304 e. The SMILES string of the molecule is O=C(O)CC1CN(CC2CCCC2)c2ccccc21. The first-order valence-corrected chi connectivity index (χ1v) is 7.29. The minimum atomic E-state index is -0.692. The van der Waals surface area contributed by atoms with Crippen molar-refractivity contribution in [2.75, 3.05) is 18.0 Å². The van der Waals surface area contributed by atoms with Crippen LogP contribution >= 0.6 is 0 Å². The molecule has 1 heterocycles. The van der Waals surface area contributed by atoms with Gasteiger partial charge in [-0.1, -0.05) is 31.0 Å². The van der Waals surface area contributed by atoms with E-state index in [-0.39, 0.29) is 12.3 Å². The number of para-hydroxylation sites is 1. The molecule has 0 saturated heterocycles. The normalized spacial score (nSPS) is 22.7. The number of hydrogen-bond acceptors (Lipinski definition) is 2. The summed E-state index contributed by atoms with van der Waals surface area (Å²) < 4.78 is 0. The number of carboxylic acid groups (broad SMARTS) is 1. The minimum Gasteiger partial charge on any atom is -0.481 e. The Balaban J connectivity index is 1.77. The fourth-order valence-corrected chi connectivity index (χ4v) is 3.65. The molecule has 1 atom stereocenters. The molecule has 1 aliphatic heterocycles. The number of fused-ring (bicyclic) bond motifs is 1. The highest BCUT2D eigenvalue weighted by atomic mass is 16.4. The molecular weight excluding hydrogens is 238 g/mol. The molecular formula is C16H21NO2. The number of benzene rings is 1. The van der Waals surface area contributed by atoms with Gasteiger partial charge in [0, 0.05) is 24.7 Å². The van der Waals surface area contributed by atoms with E-state index in [0.717, 1.165) is 19.0 Å². The quantitative estimate of drug-likeness (QED) is 0.902. The molecule has 0 radical (unpaired) electrons. The molecule has 2 aliphatic rings. The Morgan fingerprint density at radius 1 is 1.26 bits per heavy atom. The van der Waals surface area contributed by atoms with Crippen LogP contribution < -0.4 is 4.90 Å². The van der Waals surface area contributed by atoms with Crippen molar-refractivity contribution in [2.24, 2.45) is 5.92 Å². The predicted octanol–water partition coefficient (Wildman–Crippen LogP) is 3.26. The standard InChI is InChI=1S/C16H21NO2/c18-16(19)9-13-11-17(10-12-5-1-2-6-12)15-8-4-3-7-14(13)15/h3-4,7-8,12-13H,1-2,5-6,9-11H2,(H,18,19). The molecule has 1 N–H and O–H groups in total. The van der Waals surface area contributed by atoms with Crippen molar-refractivity contribution in [3.63, 3.8) is 0 Å². The van der Waals surface area contributed by atoms with Gasteiger partial charge in [-0.15, -0.1) is 0 Å². The topological polar surface area (TPSA) is 40.5 Å². The predicted molar refractivity (Wildman–Crippen MR) is 75.6 cm³/mol. The van der Waals surface area contributed by atoms with Crippen LogP contribution in [0.3, 0.4) is 0 Å². The average Bonchev–Trinajstić information content (AvgIpc) is 2.99. The molecule has 1 aromatic rings. The van der Waals surface area contributed by atoms with Crippen LogP contribution in [0.1, 0.15) is 43.6 Å². The van der Waals surface area contributed by atoms with Gasteiger partial charge in [-0.3, -0.25) is 4.79 Å². The summed E-state index contributed by atoms with van der Waals surface area (Å²) in [5.41, 5.74) is 2.49. The van der Waals surface area contributed by atoms with Crippen LogP contribution in [-0.2, 0) is 4.79 Å². The number of carboxylic acids is 1. The van der Waals surface area contributed by atoms with Crippen LogP contribution in [0, 0.1) is 5.92 Å². The molecule has 0 bridgehead atoms. The maximum absolute atomic E-state index is 11.0. The van der Waals surface area contributed by atoms with Gasteiger partial charge in [0.05, 0.1) is 6.42 Å². The van der Waals surface area contributed by atoms with E-state index in [1.165, 1.54) is 36.9 Å². The van der Waals surface area contributed by atoms with Crippen molar-refractivity contribution in [1.82, 2.24) is 0 Å². The van der Waals surface area contributed by atoms with Gasteiger partial charge in [-0.25, -0.2) is 0 Å². The molecule has 0 aromatic heterocycles. The second-order valence-electron chi connectivity index (χ2n) is 5.91. The van der Waals surface area contributed by atoms with Gasteiger partial charge in [-0.05, 0) is 30.4 Å². The van der Waals surface area contributed by atoms with Crippen LogP contribution in [0.5, 0.6) is 0 Å². The molecule has 1 saturated carbocycles. The zero-order valence-corrected chi connectivity index (χ0v) is 11.2. The molecule has 3 heteroatoms. The van der Waals surface area contributed by atoms with E-state index in [4.69, 9.17) is 5.11 Å². The summed E-state index contributed by atoms with van der Waals surface area (Å²) in [6.07, 6.45) is 5.64. The third kappa shape index (κ3) is 2.60. The van der Waals surface area contributed by atoms with Gasteiger partial charge >= 0.3 is 5.97 Å². The highest BCUT2D eigenvalue weighted by Gasteiger charge is 2.31. The van der Waals surface area contributed by atoms with Crippen LogP contribution in [0.25, 0.3) is 0 Å². The summed E-state index contributed by atoms with van der Waals surface area (Å²) in [6, 6.07) is 8.32. The van der Waals surface area contributed by atoms with Crippen LogP contribution in [0.2, 0.25) is 0 Å². The number of anilines is 1. The number of nitrogens with zero attached hydrogens (tertiary/aromatic N) is 1. The van der Waals surface area contributed by atoms with E-state index >= 15 is 0 Å². The summed E-state index contributed by atoms with van der Waals surface area (Å²) >= 11 is 0. The highest BCUT2D eigenvalue weighted by Crippen LogP contribution is 2.39.